The number of hydrogen-bond acceptors (Lipinski definition) is 5. The van der Waals surface area contributed by atoms with E-state index in [-0.39, 0.29) is 5.92 Å². The first-order chi connectivity index (χ1) is 18.2. The third-order valence-corrected chi connectivity index (χ3v) is 6.81. The maximum absolute atomic E-state index is 4.94. The first-order valence-corrected chi connectivity index (χ1v) is 12.4. The quantitative estimate of drug-likeness (QED) is 0.271. The summed E-state index contributed by atoms with van der Waals surface area (Å²) in [7, 11) is 4.13. The summed E-state index contributed by atoms with van der Waals surface area (Å²) in [6.07, 6.45) is 5.70. The Bertz CT molecular complexity index is 1650. The van der Waals surface area contributed by atoms with Gasteiger partial charge in [-0.25, -0.2) is 9.97 Å². The molecule has 0 radical (unpaired) electrons. The van der Waals surface area contributed by atoms with Gasteiger partial charge < -0.3 is 15.2 Å². The van der Waals surface area contributed by atoms with Crippen molar-refractivity contribution in [1.82, 2.24) is 19.9 Å². The van der Waals surface area contributed by atoms with Crippen molar-refractivity contribution in [3.8, 4) is 11.4 Å². The number of para-hydroxylation sites is 2. The summed E-state index contributed by atoms with van der Waals surface area (Å²) in [6.45, 7) is 0.677. The van der Waals surface area contributed by atoms with Crippen LogP contribution in [0.25, 0.3) is 33.2 Å². The standard InChI is InChI=1S/C31H28N6/c1-37(2)23-15-13-21(14-16-23)26(27-20-33-28-11-5-3-9-24(27)28)19-34-31-25-10-4-6-12-29(25)35-30(36-31)22-8-7-17-32-18-22/h3-18,20,26,33H,19H2,1-2H3,(H,34,35,36). The highest BCUT2D eigenvalue weighted by molar-refractivity contribution is 5.90. The maximum Gasteiger partial charge on any atom is 0.163 e. The van der Waals surface area contributed by atoms with Crippen LogP contribution in [0, 0.1) is 0 Å². The highest BCUT2D eigenvalue weighted by atomic mass is 15.1. The minimum Gasteiger partial charge on any atom is -0.378 e. The first-order valence-electron chi connectivity index (χ1n) is 12.4. The first kappa shape index (κ1) is 22.7. The molecule has 6 rings (SSSR count). The van der Waals surface area contributed by atoms with Gasteiger partial charge in [0, 0.05) is 72.7 Å². The Morgan fingerprint density at radius 2 is 1.62 bits per heavy atom. The Hall–Kier alpha value is -4.71. The predicted octanol–water partition coefficient (Wildman–Crippen LogP) is 6.48. The van der Waals surface area contributed by atoms with Gasteiger partial charge in [0.15, 0.2) is 5.82 Å². The van der Waals surface area contributed by atoms with E-state index in [4.69, 9.17) is 9.97 Å². The zero-order valence-electron chi connectivity index (χ0n) is 20.9. The molecule has 0 saturated carbocycles. The normalized spacial score (nSPS) is 12.1. The van der Waals surface area contributed by atoms with Crippen LogP contribution in [0.4, 0.5) is 11.5 Å². The van der Waals surface area contributed by atoms with Gasteiger partial charge in [0.2, 0.25) is 0 Å². The van der Waals surface area contributed by atoms with Crippen molar-refractivity contribution in [3.63, 3.8) is 0 Å². The molecule has 6 aromatic rings. The summed E-state index contributed by atoms with van der Waals surface area (Å²) in [5.74, 6) is 1.59. The lowest BCUT2D eigenvalue weighted by Crippen LogP contribution is -2.16. The zero-order chi connectivity index (χ0) is 25.2. The SMILES string of the molecule is CN(C)c1ccc(C(CNc2nc(-c3cccnc3)nc3ccccc23)c2c[nH]c3ccccc23)cc1. The number of hydrogen-bond donors (Lipinski definition) is 2. The molecule has 0 saturated heterocycles. The minimum atomic E-state index is 0.114. The highest BCUT2D eigenvalue weighted by Gasteiger charge is 2.20. The van der Waals surface area contributed by atoms with E-state index in [1.54, 1.807) is 12.4 Å². The molecule has 0 amide bonds. The molecule has 3 heterocycles. The van der Waals surface area contributed by atoms with Crippen molar-refractivity contribution in [1.29, 1.82) is 0 Å². The molecule has 6 nitrogen and oxygen atoms in total. The molecule has 37 heavy (non-hydrogen) atoms. The van der Waals surface area contributed by atoms with E-state index < -0.39 is 0 Å². The van der Waals surface area contributed by atoms with Gasteiger partial charge in [-0.05, 0) is 53.6 Å². The third kappa shape index (κ3) is 4.49. The second-order valence-corrected chi connectivity index (χ2v) is 9.36. The fourth-order valence-electron chi connectivity index (χ4n) is 4.83. The lowest BCUT2D eigenvalue weighted by Gasteiger charge is -2.21. The number of benzene rings is 3. The fourth-order valence-corrected chi connectivity index (χ4v) is 4.83. The average molecular weight is 485 g/mol. The van der Waals surface area contributed by atoms with E-state index in [0.717, 1.165) is 27.8 Å². The van der Waals surface area contributed by atoms with Gasteiger partial charge in [-0.3, -0.25) is 4.98 Å². The monoisotopic (exact) mass is 484 g/mol. The highest BCUT2D eigenvalue weighted by Crippen LogP contribution is 2.33. The van der Waals surface area contributed by atoms with Crippen LogP contribution in [0.15, 0.2) is 104 Å². The molecule has 0 aliphatic rings. The molecular formula is C31H28N6. The average Bonchev–Trinajstić information content (AvgIpc) is 3.38. The molecule has 1 unspecified atom stereocenters. The number of nitrogens with zero attached hydrogens (tertiary/aromatic N) is 4. The summed E-state index contributed by atoms with van der Waals surface area (Å²) in [6, 6.07) is 29.3. The van der Waals surface area contributed by atoms with Gasteiger partial charge in [0.1, 0.15) is 5.82 Å². The molecular weight excluding hydrogens is 456 g/mol. The van der Waals surface area contributed by atoms with E-state index in [1.165, 1.54) is 22.2 Å². The Kier molecular flexibility index (Phi) is 5.98. The van der Waals surface area contributed by atoms with Gasteiger partial charge in [-0.1, -0.05) is 42.5 Å². The molecule has 0 bridgehead atoms. The zero-order valence-corrected chi connectivity index (χ0v) is 20.9. The number of nitrogens with one attached hydrogen (secondary N) is 2. The van der Waals surface area contributed by atoms with Crippen molar-refractivity contribution >= 4 is 33.3 Å². The van der Waals surface area contributed by atoms with E-state index in [9.17, 15) is 0 Å². The van der Waals surface area contributed by atoms with Crippen LogP contribution in [0.1, 0.15) is 17.0 Å². The van der Waals surface area contributed by atoms with Crippen molar-refractivity contribution < 1.29 is 0 Å². The van der Waals surface area contributed by atoms with Crippen LogP contribution in [0.3, 0.4) is 0 Å². The van der Waals surface area contributed by atoms with Gasteiger partial charge in [-0.15, -0.1) is 0 Å². The number of H-pyrrole nitrogens is 1. The van der Waals surface area contributed by atoms with Crippen LogP contribution >= 0.6 is 0 Å². The van der Waals surface area contributed by atoms with Crippen LogP contribution in [0.5, 0.6) is 0 Å². The molecule has 3 aromatic carbocycles. The second-order valence-electron chi connectivity index (χ2n) is 9.36. The number of pyridine rings is 1. The van der Waals surface area contributed by atoms with E-state index in [1.807, 2.05) is 30.3 Å². The summed E-state index contributed by atoms with van der Waals surface area (Å²) in [5.41, 5.74) is 6.61. The summed E-state index contributed by atoms with van der Waals surface area (Å²) in [5, 5.41) is 5.92. The number of fused-ring (bicyclic) bond motifs is 2. The Morgan fingerprint density at radius 3 is 2.41 bits per heavy atom. The van der Waals surface area contributed by atoms with Gasteiger partial charge in [0.05, 0.1) is 5.52 Å². The molecule has 1 atom stereocenters. The van der Waals surface area contributed by atoms with Crippen LogP contribution in [-0.4, -0.2) is 40.6 Å². The molecule has 0 fully saturated rings. The smallest absolute Gasteiger partial charge is 0.163 e. The Balaban J connectivity index is 1.41. The summed E-state index contributed by atoms with van der Waals surface area (Å²) < 4.78 is 0. The largest absolute Gasteiger partial charge is 0.378 e. The molecule has 0 aliphatic heterocycles. The van der Waals surface area contributed by atoms with E-state index in [0.29, 0.717) is 12.4 Å². The van der Waals surface area contributed by atoms with E-state index in [2.05, 4.69) is 95.1 Å². The van der Waals surface area contributed by atoms with Crippen LogP contribution in [0.2, 0.25) is 0 Å². The Labute approximate surface area is 216 Å². The number of rotatable bonds is 7. The topological polar surface area (TPSA) is 69.7 Å². The predicted molar refractivity (Wildman–Crippen MR) is 152 cm³/mol. The second kappa shape index (κ2) is 9.74. The lowest BCUT2D eigenvalue weighted by atomic mass is 9.90. The number of aromatic nitrogens is 4. The van der Waals surface area contributed by atoms with Crippen LogP contribution < -0.4 is 10.2 Å². The van der Waals surface area contributed by atoms with Gasteiger partial charge in [0.25, 0.3) is 0 Å². The Morgan fingerprint density at radius 1 is 0.838 bits per heavy atom. The van der Waals surface area contributed by atoms with Gasteiger partial charge in [-0.2, -0.15) is 0 Å². The fraction of sp³-hybridized carbons (Fsp3) is 0.129. The summed E-state index contributed by atoms with van der Waals surface area (Å²) >= 11 is 0. The van der Waals surface area contributed by atoms with Gasteiger partial charge >= 0.3 is 0 Å². The van der Waals surface area contributed by atoms with Crippen molar-refractivity contribution in [2.45, 2.75) is 5.92 Å². The van der Waals surface area contributed by atoms with Crippen molar-refractivity contribution in [2.24, 2.45) is 0 Å². The van der Waals surface area contributed by atoms with Crippen molar-refractivity contribution in [3.05, 3.63) is 115 Å². The maximum atomic E-state index is 4.94. The van der Waals surface area contributed by atoms with E-state index >= 15 is 0 Å². The number of aromatic amines is 1. The molecule has 0 aliphatic carbocycles. The molecule has 182 valence electrons. The molecule has 6 heteroatoms. The van der Waals surface area contributed by atoms with Crippen molar-refractivity contribution in [2.75, 3.05) is 30.9 Å². The minimum absolute atomic E-state index is 0.114. The molecule has 3 aromatic heterocycles. The van der Waals surface area contributed by atoms with Crippen LogP contribution in [-0.2, 0) is 0 Å². The molecule has 2 N–H and O–H groups in total. The molecule has 0 spiro atoms. The third-order valence-electron chi connectivity index (χ3n) is 6.81. The lowest BCUT2D eigenvalue weighted by molar-refractivity contribution is 0.856. The number of anilines is 2. The summed E-state index contributed by atoms with van der Waals surface area (Å²) in [4.78, 5) is 19.6.